The van der Waals surface area contributed by atoms with E-state index < -0.39 is 17.4 Å². The van der Waals surface area contributed by atoms with Crippen molar-refractivity contribution < 1.29 is 19.4 Å². The van der Waals surface area contributed by atoms with E-state index in [1.165, 1.54) is 14.0 Å². The van der Waals surface area contributed by atoms with Crippen LogP contribution in [0.2, 0.25) is 0 Å². The molecule has 1 aromatic rings. The molecular formula is C13H17NO4. The molecule has 1 aromatic carbocycles. The van der Waals surface area contributed by atoms with Crippen LogP contribution in [0.25, 0.3) is 0 Å². The number of ether oxygens (including phenoxy) is 1. The number of hydrogen-bond acceptors (Lipinski definition) is 3. The Balaban J connectivity index is 2.84. The van der Waals surface area contributed by atoms with E-state index in [-0.39, 0.29) is 0 Å². The van der Waals surface area contributed by atoms with Gasteiger partial charge < -0.3 is 15.2 Å². The number of carbonyl (C=O) groups is 2. The van der Waals surface area contributed by atoms with Crippen LogP contribution < -0.4 is 10.1 Å². The highest BCUT2D eigenvalue weighted by molar-refractivity contribution is 5.97. The zero-order chi connectivity index (χ0) is 13.8. The average molecular weight is 251 g/mol. The minimum absolute atomic E-state index is 0.310. The Morgan fingerprint density at radius 1 is 1.33 bits per heavy atom. The molecule has 0 aliphatic carbocycles. The Morgan fingerprint density at radius 2 is 1.89 bits per heavy atom. The summed E-state index contributed by atoms with van der Waals surface area (Å²) in [7, 11) is 1.54. The van der Waals surface area contributed by atoms with Gasteiger partial charge >= 0.3 is 5.97 Å². The molecule has 5 nitrogen and oxygen atoms in total. The highest BCUT2D eigenvalue weighted by atomic mass is 16.5. The second-order valence-electron chi connectivity index (χ2n) is 4.17. The first-order valence-electron chi connectivity index (χ1n) is 5.63. The third-order valence-corrected chi connectivity index (χ3v) is 2.92. The smallest absolute Gasteiger partial charge is 0.329 e. The van der Waals surface area contributed by atoms with Gasteiger partial charge in [0.1, 0.15) is 11.3 Å². The number of benzene rings is 1. The number of aliphatic carboxylic acids is 1. The fourth-order valence-electron chi connectivity index (χ4n) is 1.36. The molecule has 1 rings (SSSR count). The van der Waals surface area contributed by atoms with Gasteiger partial charge in [0.2, 0.25) is 0 Å². The molecule has 0 spiro atoms. The normalized spacial score (nSPS) is 13.5. The average Bonchev–Trinajstić information content (AvgIpc) is 2.38. The number of carboxylic acid groups (broad SMARTS) is 1. The van der Waals surface area contributed by atoms with Crippen molar-refractivity contribution in [2.75, 3.05) is 7.11 Å². The third kappa shape index (κ3) is 3.00. The van der Waals surface area contributed by atoms with Crippen molar-refractivity contribution >= 4 is 11.9 Å². The third-order valence-electron chi connectivity index (χ3n) is 2.92. The lowest BCUT2D eigenvalue weighted by Gasteiger charge is -2.24. The predicted octanol–water partition coefficient (Wildman–Crippen LogP) is 1.68. The van der Waals surface area contributed by atoms with Crippen LogP contribution in [-0.4, -0.2) is 29.6 Å². The molecule has 0 fully saturated rings. The molecule has 0 bridgehead atoms. The van der Waals surface area contributed by atoms with Crippen LogP contribution in [0.15, 0.2) is 24.3 Å². The van der Waals surface area contributed by atoms with E-state index >= 15 is 0 Å². The number of rotatable bonds is 5. The van der Waals surface area contributed by atoms with E-state index in [2.05, 4.69) is 5.32 Å². The van der Waals surface area contributed by atoms with Crippen molar-refractivity contribution in [2.45, 2.75) is 25.8 Å². The number of hydrogen-bond donors (Lipinski definition) is 2. The van der Waals surface area contributed by atoms with Gasteiger partial charge in [0.15, 0.2) is 0 Å². The largest absolute Gasteiger partial charge is 0.497 e. The van der Waals surface area contributed by atoms with E-state index in [1.807, 2.05) is 0 Å². The second kappa shape index (κ2) is 5.53. The topological polar surface area (TPSA) is 75.6 Å². The van der Waals surface area contributed by atoms with Crippen molar-refractivity contribution in [1.29, 1.82) is 0 Å². The second-order valence-corrected chi connectivity index (χ2v) is 4.17. The minimum atomic E-state index is -1.25. The van der Waals surface area contributed by atoms with Crippen LogP contribution in [0, 0.1) is 0 Å². The van der Waals surface area contributed by atoms with E-state index in [9.17, 15) is 9.59 Å². The molecule has 18 heavy (non-hydrogen) atoms. The van der Waals surface area contributed by atoms with Gasteiger partial charge in [0.25, 0.3) is 5.91 Å². The van der Waals surface area contributed by atoms with Crippen LogP contribution in [0.4, 0.5) is 0 Å². The van der Waals surface area contributed by atoms with Gasteiger partial charge in [-0.25, -0.2) is 4.79 Å². The summed E-state index contributed by atoms with van der Waals surface area (Å²) in [5, 5.41) is 11.6. The maximum Gasteiger partial charge on any atom is 0.329 e. The molecule has 98 valence electrons. The first-order valence-corrected chi connectivity index (χ1v) is 5.63. The zero-order valence-electron chi connectivity index (χ0n) is 10.7. The van der Waals surface area contributed by atoms with Gasteiger partial charge in [0.05, 0.1) is 7.11 Å². The summed E-state index contributed by atoms with van der Waals surface area (Å²) in [6.07, 6.45) is 0.310. The number of methoxy groups -OCH3 is 1. The summed E-state index contributed by atoms with van der Waals surface area (Å²) in [4.78, 5) is 23.0. The van der Waals surface area contributed by atoms with Crippen LogP contribution in [0.1, 0.15) is 30.6 Å². The Kier molecular flexibility index (Phi) is 4.31. The lowest BCUT2D eigenvalue weighted by Crippen LogP contribution is -2.51. The quantitative estimate of drug-likeness (QED) is 0.834. The maximum absolute atomic E-state index is 11.9. The van der Waals surface area contributed by atoms with Crippen LogP contribution in [0.5, 0.6) is 5.75 Å². The molecule has 0 heterocycles. The molecule has 0 aliphatic heterocycles. The minimum Gasteiger partial charge on any atom is -0.497 e. The Bertz CT molecular complexity index is 441. The fourth-order valence-corrected chi connectivity index (χ4v) is 1.36. The van der Waals surface area contributed by atoms with Gasteiger partial charge in [-0.1, -0.05) is 6.92 Å². The Morgan fingerprint density at radius 3 is 2.28 bits per heavy atom. The zero-order valence-corrected chi connectivity index (χ0v) is 10.7. The van der Waals surface area contributed by atoms with Gasteiger partial charge in [0, 0.05) is 5.56 Å². The van der Waals surface area contributed by atoms with Crippen molar-refractivity contribution in [2.24, 2.45) is 0 Å². The summed E-state index contributed by atoms with van der Waals surface area (Å²) >= 11 is 0. The van der Waals surface area contributed by atoms with E-state index in [0.717, 1.165) is 0 Å². The Hall–Kier alpha value is -2.04. The molecule has 1 atom stereocenters. The SMILES string of the molecule is CCC(C)(NC(=O)c1ccc(OC)cc1)C(=O)O. The summed E-state index contributed by atoms with van der Waals surface area (Å²) < 4.78 is 4.98. The highest BCUT2D eigenvalue weighted by Crippen LogP contribution is 2.14. The van der Waals surface area contributed by atoms with Crippen molar-refractivity contribution in [1.82, 2.24) is 5.32 Å². The van der Waals surface area contributed by atoms with E-state index in [4.69, 9.17) is 9.84 Å². The van der Waals surface area contributed by atoms with E-state index in [0.29, 0.717) is 17.7 Å². The number of amides is 1. The highest BCUT2D eigenvalue weighted by Gasteiger charge is 2.32. The molecule has 1 unspecified atom stereocenters. The van der Waals surface area contributed by atoms with Crippen LogP contribution in [0.3, 0.4) is 0 Å². The van der Waals surface area contributed by atoms with Gasteiger partial charge in [-0.2, -0.15) is 0 Å². The fraction of sp³-hybridized carbons (Fsp3) is 0.385. The molecule has 0 saturated heterocycles. The molecule has 1 amide bonds. The maximum atomic E-state index is 11.9. The van der Waals surface area contributed by atoms with Crippen LogP contribution in [-0.2, 0) is 4.79 Å². The van der Waals surface area contributed by atoms with E-state index in [1.54, 1.807) is 31.2 Å². The molecule has 0 saturated carbocycles. The van der Waals surface area contributed by atoms with Crippen molar-refractivity contribution in [3.8, 4) is 5.75 Å². The summed E-state index contributed by atoms with van der Waals surface area (Å²) in [5.41, 5.74) is -0.853. The van der Waals surface area contributed by atoms with Crippen LogP contribution >= 0.6 is 0 Å². The first kappa shape index (κ1) is 14.0. The molecule has 0 aromatic heterocycles. The summed E-state index contributed by atoms with van der Waals surface area (Å²) in [6.45, 7) is 3.19. The standard InChI is InChI=1S/C13H17NO4/c1-4-13(2,12(16)17)14-11(15)9-5-7-10(18-3)8-6-9/h5-8H,4H2,1-3H3,(H,14,15)(H,16,17). The number of nitrogens with one attached hydrogen (secondary N) is 1. The molecular weight excluding hydrogens is 234 g/mol. The lowest BCUT2D eigenvalue weighted by molar-refractivity contribution is -0.143. The first-order chi connectivity index (χ1) is 8.42. The number of carbonyl (C=O) groups excluding carboxylic acids is 1. The summed E-state index contributed by atoms with van der Waals surface area (Å²) in [5.74, 6) is -0.820. The predicted molar refractivity (Wildman–Crippen MR) is 66.8 cm³/mol. The van der Waals surface area contributed by atoms with Gasteiger partial charge in [-0.05, 0) is 37.6 Å². The summed E-state index contributed by atoms with van der Waals surface area (Å²) in [6, 6.07) is 6.48. The molecule has 0 radical (unpaired) electrons. The van der Waals surface area contributed by atoms with Crippen molar-refractivity contribution in [3.05, 3.63) is 29.8 Å². The van der Waals surface area contributed by atoms with Crippen molar-refractivity contribution in [3.63, 3.8) is 0 Å². The molecule has 0 aliphatic rings. The molecule has 5 heteroatoms. The number of carboxylic acids is 1. The monoisotopic (exact) mass is 251 g/mol. The lowest BCUT2D eigenvalue weighted by atomic mass is 9.98. The van der Waals surface area contributed by atoms with Gasteiger partial charge in [-0.15, -0.1) is 0 Å². The Labute approximate surface area is 106 Å². The van der Waals surface area contributed by atoms with Gasteiger partial charge in [-0.3, -0.25) is 4.79 Å². The molecule has 2 N–H and O–H groups in total.